The maximum atomic E-state index is 4.14. The Bertz CT molecular complexity index is 1110. The van der Waals surface area contributed by atoms with Crippen molar-refractivity contribution in [1.29, 1.82) is 0 Å². The first kappa shape index (κ1) is 47.8. The van der Waals surface area contributed by atoms with Crippen molar-refractivity contribution in [2.75, 3.05) is 0 Å². The second-order valence-electron chi connectivity index (χ2n) is 13.5. The van der Waals surface area contributed by atoms with Crippen LogP contribution in [-0.4, -0.2) is 0 Å². The van der Waals surface area contributed by atoms with Gasteiger partial charge in [0.2, 0.25) is 0 Å². The van der Waals surface area contributed by atoms with E-state index in [-0.39, 0.29) is 0 Å². The lowest BCUT2D eigenvalue weighted by atomic mass is 9.76. The zero-order valence-corrected chi connectivity index (χ0v) is 34.8. The number of benzene rings is 2. The lowest BCUT2D eigenvalue weighted by molar-refractivity contribution is 0.438. The van der Waals surface area contributed by atoms with Gasteiger partial charge in [-0.05, 0) is 78.7 Å². The monoisotopic (exact) mass is 659 g/mol. The fourth-order valence-electron chi connectivity index (χ4n) is 6.48. The Hall–Kier alpha value is -2.34. The van der Waals surface area contributed by atoms with Gasteiger partial charge in [-0.15, -0.1) is 0 Å². The van der Waals surface area contributed by atoms with Crippen LogP contribution in [0.1, 0.15) is 189 Å². The van der Waals surface area contributed by atoms with E-state index in [0.717, 1.165) is 24.7 Å². The van der Waals surface area contributed by atoms with Crippen LogP contribution in [0.4, 0.5) is 0 Å². The molecule has 0 N–H and O–H groups in total. The first-order chi connectivity index (χ1) is 23.1. The van der Waals surface area contributed by atoms with Crippen LogP contribution < -0.4 is 0 Å². The van der Waals surface area contributed by atoms with E-state index in [1.54, 1.807) is 0 Å². The van der Waals surface area contributed by atoms with E-state index >= 15 is 0 Å². The van der Waals surface area contributed by atoms with E-state index in [1.807, 2.05) is 27.7 Å². The number of aryl methyl sites for hydroxylation is 1. The summed E-state index contributed by atoms with van der Waals surface area (Å²) in [7, 11) is 0. The molecule has 274 valence electrons. The molecule has 3 atom stereocenters. The summed E-state index contributed by atoms with van der Waals surface area (Å²) < 4.78 is 0. The summed E-state index contributed by atoms with van der Waals surface area (Å²) in [4.78, 5) is 0. The fourth-order valence-corrected chi connectivity index (χ4v) is 6.48. The summed E-state index contributed by atoms with van der Waals surface area (Å²) in [6, 6.07) is 17.7. The van der Waals surface area contributed by atoms with Crippen molar-refractivity contribution >= 4 is 5.57 Å². The van der Waals surface area contributed by atoms with E-state index in [1.165, 1.54) is 103 Å². The maximum absolute atomic E-state index is 4.14. The van der Waals surface area contributed by atoms with Crippen LogP contribution in [0.5, 0.6) is 0 Å². The standard InChI is InChI=1S/C18H28.C17H22.C9H20.2C2H6/c1-5-9-16(10-6-2)13-17-11-8-12-18(14-17)15(4)7-3;1-5-15-10-13(3)14(4)17(11-15)16-9-7-6-8-12(16)2;1-4-6-8-9(3)7-5-2;2*1-2/h8,11-12,14,16H,4-7,9-10,13H2,1-3H3;6-11,14,17H,5H2,1-4H3;9H,4-8H2,1-3H3;2*1-2H3. The minimum atomic E-state index is 0.552. The van der Waals surface area contributed by atoms with Gasteiger partial charge in [0.1, 0.15) is 0 Å². The number of allylic oxidation sites excluding steroid dienone is 5. The summed E-state index contributed by atoms with van der Waals surface area (Å²) in [6.07, 6.45) is 20.5. The van der Waals surface area contributed by atoms with E-state index in [4.69, 9.17) is 0 Å². The molecule has 1 aliphatic rings. The average molecular weight is 659 g/mol. The molecule has 0 heterocycles. The minimum Gasteiger partial charge on any atom is -0.0952 e. The van der Waals surface area contributed by atoms with Gasteiger partial charge in [0, 0.05) is 5.92 Å². The van der Waals surface area contributed by atoms with Crippen LogP contribution >= 0.6 is 0 Å². The van der Waals surface area contributed by atoms with Gasteiger partial charge < -0.3 is 0 Å². The van der Waals surface area contributed by atoms with E-state index in [9.17, 15) is 0 Å². The van der Waals surface area contributed by atoms with Crippen molar-refractivity contribution in [2.45, 2.75) is 180 Å². The molecule has 0 spiro atoms. The third-order valence-corrected chi connectivity index (χ3v) is 9.53. The van der Waals surface area contributed by atoms with Crippen molar-refractivity contribution in [3.05, 3.63) is 101 Å². The molecule has 0 radical (unpaired) electrons. The molecule has 0 amide bonds. The van der Waals surface area contributed by atoms with Gasteiger partial charge in [0.05, 0.1) is 0 Å². The smallest absolute Gasteiger partial charge is 0.00892 e. The summed E-state index contributed by atoms with van der Waals surface area (Å²) in [5.41, 5.74) is 9.94. The molecule has 0 aliphatic heterocycles. The zero-order valence-electron chi connectivity index (χ0n) is 34.8. The Kier molecular flexibility index (Phi) is 30.6. The Labute approximate surface area is 303 Å². The third kappa shape index (κ3) is 19.6. The predicted octanol–water partition coefficient (Wildman–Crippen LogP) is 16.5. The second-order valence-corrected chi connectivity index (χ2v) is 13.5. The number of unbranched alkanes of at least 4 members (excludes halogenated alkanes) is 1. The van der Waals surface area contributed by atoms with Crippen LogP contribution in [-0.2, 0) is 6.42 Å². The molecule has 0 heteroatoms. The van der Waals surface area contributed by atoms with Crippen LogP contribution in [0.3, 0.4) is 0 Å². The molecule has 0 saturated carbocycles. The van der Waals surface area contributed by atoms with Crippen molar-refractivity contribution in [2.24, 2.45) is 17.8 Å². The molecule has 0 saturated heterocycles. The van der Waals surface area contributed by atoms with Crippen LogP contribution in [0.15, 0.2) is 78.4 Å². The highest BCUT2D eigenvalue weighted by atomic mass is 14.3. The Morgan fingerprint density at radius 3 is 1.88 bits per heavy atom. The van der Waals surface area contributed by atoms with Gasteiger partial charge >= 0.3 is 0 Å². The molecule has 48 heavy (non-hydrogen) atoms. The third-order valence-electron chi connectivity index (χ3n) is 9.53. The summed E-state index contributed by atoms with van der Waals surface area (Å²) >= 11 is 0. The number of hydrogen-bond donors (Lipinski definition) is 0. The van der Waals surface area contributed by atoms with Gasteiger partial charge in [0.15, 0.2) is 0 Å². The first-order valence-corrected chi connectivity index (χ1v) is 20.4. The number of rotatable bonds is 15. The summed E-state index contributed by atoms with van der Waals surface area (Å²) in [6.45, 7) is 34.8. The molecule has 2 aromatic rings. The van der Waals surface area contributed by atoms with Crippen molar-refractivity contribution < 1.29 is 0 Å². The lowest BCUT2D eigenvalue weighted by Crippen LogP contribution is -2.14. The van der Waals surface area contributed by atoms with Crippen molar-refractivity contribution in [3.63, 3.8) is 0 Å². The van der Waals surface area contributed by atoms with E-state index in [2.05, 4.69) is 136 Å². The molecule has 0 aromatic heterocycles. The molecule has 0 nitrogen and oxygen atoms in total. The Morgan fingerprint density at radius 1 is 0.750 bits per heavy atom. The van der Waals surface area contributed by atoms with Gasteiger partial charge in [-0.3, -0.25) is 0 Å². The molecule has 0 fully saturated rings. The van der Waals surface area contributed by atoms with Gasteiger partial charge in [-0.1, -0.05) is 219 Å². The van der Waals surface area contributed by atoms with Gasteiger partial charge in [-0.25, -0.2) is 0 Å². The maximum Gasteiger partial charge on any atom is 0.00892 e. The predicted molar refractivity (Wildman–Crippen MR) is 224 cm³/mol. The Balaban J connectivity index is 0. The topological polar surface area (TPSA) is 0 Å². The summed E-state index contributed by atoms with van der Waals surface area (Å²) in [5.74, 6) is 2.99. The van der Waals surface area contributed by atoms with E-state index in [0.29, 0.717) is 11.8 Å². The fraction of sp³-hybridized carbons (Fsp3) is 0.625. The lowest BCUT2D eigenvalue weighted by Gasteiger charge is -2.28. The van der Waals surface area contributed by atoms with E-state index < -0.39 is 0 Å². The minimum absolute atomic E-state index is 0.552. The highest BCUT2D eigenvalue weighted by molar-refractivity contribution is 5.63. The highest BCUT2D eigenvalue weighted by Crippen LogP contribution is 2.38. The normalized spacial score (nSPS) is 15.5. The van der Waals surface area contributed by atoms with Crippen LogP contribution in [0, 0.1) is 24.7 Å². The molecule has 3 rings (SSSR count). The summed E-state index contributed by atoms with van der Waals surface area (Å²) in [5, 5.41) is 0. The molecule has 1 aliphatic carbocycles. The molecular weight excluding hydrogens is 577 g/mol. The molecule has 0 bridgehead atoms. The van der Waals surface area contributed by atoms with Crippen molar-refractivity contribution in [1.82, 2.24) is 0 Å². The molecule has 3 unspecified atom stereocenters. The van der Waals surface area contributed by atoms with Crippen molar-refractivity contribution in [3.8, 4) is 0 Å². The quantitative estimate of drug-likeness (QED) is 0.179. The highest BCUT2D eigenvalue weighted by Gasteiger charge is 2.23. The zero-order chi connectivity index (χ0) is 36.9. The van der Waals surface area contributed by atoms with Gasteiger partial charge in [-0.2, -0.15) is 0 Å². The SMILES string of the molecule is C=C(CC)c1cccc(CC(CCC)CCC)c1.CC.CC.CCC1=CC(c2ccccc2C)C(C)C(C)=C1.CCCCC(C)CCC. The Morgan fingerprint density at radius 2 is 1.35 bits per heavy atom. The largest absolute Gasteiger partial charge is 0.0952 e. The second kappa shape index (κ2) is 30.7. The first-order valence-electron chi connectivity index (χ1n) is 20.4. The average Bonchev–Trinajstić information content (AvgIpc) is 3.11. The van der Waals surface area contributed by atoms with Gasteiger partial charge in [0.25, 0.3) is 0 Å². The van der Waals surface area contributed by atoms with Crippen LogP contribution in [0.2, 0.25) is 0 Å². The number of hydrogen-bond acceptors (Lipinski definition) is 0. The molecule has 2 aromatic carbocycles. The molecular formula is C48H82. The van der Waals surface area contributed by atoms with Crippen LogP contribution in [0.25, 0.3) is 5.57 Å².